The second-order valence-electron chi connectivity index (χ2n) is 3.85. The zero-order valence-corrected chi connectivity index (χ0v) is 8.43. The van der Waals surface area contributed by atoms with E-state index in [0.717, 1.165) is 24.6 Å². The van der Waals surface area contributed by atoms with Crippen LogP contribution in [0, 0.1) is 0 Å². The zero-order chi connectivity index (χ0) is 10.3. The van der Waals surface area contributed by atoms with Gasteiger partial charge in [0.15, 0.2) is 5.65 Å². The molecule has 0 bridgehead atoms. The molecule has 15 heavy (non-hydrogen) atoms. The van der Waals surface area contributed by atoms with Crippen molar-refractivity contribution in [2.75, 3.05) is 23.7 Å². The molecule has 0 amide bonds. The summed E-state index contributed by atoms with van der Waals surface area (Å²) in [5.41, 5.74) is 7.16. The molecule has 78 valence electrons. The van der Waals surface area contributed by atoms with Crippen LogP contribution in [0.4, 0.5) is 11.5 Å². The van der Waals surface area contributed by atoms with Gasteiger partial charge in [0.05, 0.1) is 11.9 Å². The fourth-order valence-corrected chi connectivity index (χ4v) is 2.00. The summed E-state index contributed by atoms with van der Waals surface area (Å²) >= 11 is 0. The Morgan fingerprint density at radius 2 is 2.07 bits per heavy atom. The molecule has 2 aromatic rings. The quantitative estimate of drug-likeness (QED) is 0.748. The molecule has 2 aromatic heterocycles. The van der Waals surface area contributed by atoms with Crippen LogP contribution >= 0.6 is 0 Å². The Kier molecular flexibility index (Phi) is 1.77. The number of aromatic nitrogens is 3. The van der Waals surface area contributed by atoms with Gasteiger partial charge in [0.25, 0.3) is 0 Å². The van der Waals surface area contributed by atoms with E-state index in [1.165, 1.54) is 12.8 Å². The van der Waals surface area contributed by atoms with Gasteiger partial charge in [-0.1, -0.05) is 0 Å². The average molecular weight is 203 g/mol. The Balaban J connectivity index is 2.08. The van der Waals surface area contributed by atoms with E-state index in [9.17, 15) is 0 Å². The molecule has 3 heterocycles. The average Bonchev–Trinajstić information content (AvgIpc) is 2.88. The topological polar surface area (TPSA) is 59.4 Å². The Labute approximate surface area is 87.5 Å². The molecular formula is C10H13N5. The molecule has 0 radical (unpaired) electrons. The van der Waals surface area contributed by atoms with E-state index in [1.807, 2.05) is 12.3 Å². The molecular weight excluding hydrogens is 190 g/mol. The third-order valence-electron chi connectivity index (χ3n) is 2.81. The van der Waals surface area contributed by atoms with Crippen molar-refractivity contribution < 1.29 is 0 Å². The van der Waals surface area contributed by atoms with Gasteiger partial charge in [0.2, 0.25) is 0 Å². The number of hydrogen-bond acceptors (Lipinski definition) is 4. The van der Waals surface area contributed by atoms with Crippen molar-refractivity contribution in [2.24, 2.45) is 0 Å². The van der Waals surface area contributed by atoms with Crippen LogP contribution in [-0.4, -0.2) is 27.7 Å². The predicted octanol–water partition coefficient (Wildman–Crippen LogP) is 0.912. The van der Waals surface area contributed by atoms with Crippen LogP contribution in [-0.2, 0) is 0 Å². The van der Waals surface area contributed by atoms with Crippen LogP contribution < -0.4 is 10.6 Å². The summed E-state index contributed by atoms with van der Waals surface area (Å²) in [4.78, 5) is 6.80. The zero-order valence-electron chi connectivity index (χ0n) is 8.43. The van der Waals surface area contributed by atoms with Crippen molar-refractivity contribution in [1.82, 2.24) is 14.6 Å². The van der Waals surface area contributed by atoms with Gasteiger partial charge in [0.1, 0.15) is 5.82 Å². The lowest BCUT2D eigenvalue weighted by Gasteiger charge is -2.15. The van der Waals surface area contributed by atoms with Crippen molar-refractivity contribution >= 4 is 17.2 Å². The van der Waals surface area contributed by atoms with Crippen molar-refractivity contribution in [3.63, 3.8) is 0 Å². The number of hydrogen-bond donors (Lipinski definition) is 1. The van der Waals surface area contributed by atoms with Crippen molar-refractivity contribution in [3.8, 4) is 0 Å². The third-order valence-corrected chi connectivity index (χ3v) is 2.81. The van der Waals surface area contributed by atoms with Crippen LogP contribution in [0.5, 0.6) is 0 Å². The first-order valence-electron chi connectivity index (χ1n) is 5.19. The lowest BCUT2D eigenvalue weighted by atomic mass is 10.4. The molecule has 2 N–H and O–H groups in total. The molecule has 0 spiro atoms. The first-order valence-corrected chi connectivity index (χ1v) is 5.19. The predicted molar refractivity (Wildman–Crippen MR) is 58.8 cm³/mol. The second kappa shape index (κ2) is 3.12. The molecule has 3 rings (SSSR count). The minimum absolute atomic E-state index is 0.635. The second-order valence-corrected chi connectivity index (χ2v) is 3.85. The van der Waals surface area contributed by atoms with Crippen molar-refractivity contribution in [3.05, 3.63) is 18.5 Å². The standard InChI is InChI=1S/C10H13N5/c11-8-7-12-15-6-3-9(13-10(8)15)14-4-1-2-5-14/h3,6-7H,1-2,4-5,11H2. The molecule has 0 unspecified atom stereocenters. The normalized spacial score (nSPS) is 16.4. The van der Waals surface area contributed by atoms with Gasteiger partial charge in [-0.3, -0.25) is 0 Å². The molecule has 1 fully saturated rings. The van der Waals surface area contributed by atoms with Crippen LogP contribution in [0.15, 0.2) is 18.5 Å². The van der Waals surface area contributed by atoms with Gasteiger partial charge in [-0.05, 0) is 18.9 Å². The number of fused-ring (bicyclic) bond motifs is 1. The molecule has 0 aromatic carbocycles. The molecule has 1 saturated heterocycles. The summed E-state index contributed by atoms with van der Waals surface area (Å²) in [7, 11) is 0. The SMILES string of the molecule is Nc1cnn2ccc(N3CCCC3)nc12. The molecule has 1 aliphatic rings. The Morgan fingerprint density at radius 1 is 1.27 bits per heavy atom. The Bertz CT molecular complexity index is 484. The molecule has 0 aliphatic carbocycles. The van der Waals surface area contributed by atoms with E-state index in [-0.39, 0.29) is 0 Å². The summed E-state index contributed by atoms with van der Waals surface area (Å²) in [6.45, 7) is 2.19. The highest BCUT2D eigenvalue weighted by Crippen LogP contribution is 2.19. The fourth-order valence-electron chi connectivity index (χ4n) is 2.00. The summed E-state index contributed by atoms with van der Waals surface area (Å²) in [6.07, 6.45) is 6.05. The van der Waals surface area contributed by atoms with E-state index >= 15 is 0 Å². The monoisotopic (exact) mass is 203 g/mol. The largest absolute Gasteiger partial charge is 0.394 e. The highest BCUT2D eigenvalue weighted by atomic mass is 15.3. The minimum Gasteiger partial charge on any atom is -0.394 e. The van der Waals surface area contributed by atoms with Crippen LogP contribution in [0.2, 0.25) is 0 Å². The van der Waals surface area contributed by atoms with E-state index in [4.69, 9.17) is 5.73 Å². The first-order chi connectivity index (χ1) is 7.34. The maximum atomic E-state index is 5.78. The maximum absolute atomic E-state index is 5.78. The lowest BCUT2D eigenvalue weighted by molar-refractivity contribution is 0.899. The molecule has 0 atom stereocenters. The smallest absolute Gasteiger partial charge is 0.180 e. The minimum atomic E-state index is 0.635. The van der Waals surface area contributed by atoms with E-state index < -0.39 is 0 Å². The van der Waals surface area contributed by atoms with Crippen LogP contribution in [0.3, 0.4) is 0 Å². The van der Waals surface area contributed by atoms with E-state index in [0.29, 0.717) is 5.69 Å². The van der Waals surface area contributed by atoms with Gasteiger partial charge < -0.3 is 10.6 Å². The summed E-state index contributed by atoms with van der Waals surface area (Å²) < 4.78 is 1.70. The molecule has 0 saturated carbocycles. The summed E-state index contributed by atoms with van der Waals surface area (Å²) in [6, 6.07) is 1.99. The number of nitrogen functional groups attached to an aromatic ring is 1. The maximum Gasteiger partial charge on any atom is 0.180 e. The van der Waals surface area contributed by atoms with Crippen LogP contribution in [0.1, 0.15) is 12.8 Å². The van der Waals surface area contributed by atoms with Crippen molar-refractivity contribution in [2.45, 2.75) is 12.8 Å². The number of nitrogens with zero attached hydrogens (tertiary/aromatic N) is 4. The van der Waals surface area contributed by atoms with Gasteiger partial charge in [0, 0.05) is 19.3 Å². The fraction of sp³-hybridized carbons (Fsp3) is 0.400. The summed E-state index contributed by atoms with van der Waals surface area (Å²) in [5.74, 6) is 1.01. The van der Waals surface area contributed by atoms with Gasteiger partial charge in [-0.25, -0.2) is 9.50 Å². The lowest BCUT2D eigenvalue weighted by Crippen LogP contribution is -2.19. The van der Waals surface area contributed by atoms with Gasteiger partial charge in [-0.15, -0.1) is 0 Å². The summed E-state index contributed by atoms with van der Waals surface area (Å²) in [5, 5.41) is 4.10. The third kappa shape index (κ3) is 1.31. The molecule has 5 nitrogen and oxygen atoms in total. The van der Waals surface area contributed by atoms with Crippen molar-refractivity contribution in [1.29, 1.82) is 0 Å². The number of anilines is 2. The molecule has 1 aliphatic heterocycles. The first kappa shape index (κ1) is 8.52. The van der Waals surface area contributed by atoms with E-state index in [2.05, 4.69) is 15.0 Å². The highest BCUT2D eigenvalue weighted by Gasteiger charge is 2.14. The Hall–Kier alpha value is -1.78. The van der Waals surface area contributed by atoms with Crippen LogP contribution in [0.25, 0.3) is 5.65 Å². The van der Waals surface area contributed by atoms with E-state index in [1.54, 1.807) is 10.7 Å². The Morgan fingerprint density at radius 3 is 2.87 bits per heavy atom. The number of rotatable bonds is 1. The highest BCUT2D eigenvalue weighted by molar-refractivity contribution is 5.65. The number of nitrogens with two attached hydrogens (primary N) is 1. The van der Waals surface area contributed by atoms with Gasteiger partial charge in [-0.2, -0.15) is 5.10 Å². The van der Waals surface area contributed by atoms with Gasteiger partial charge >= 0.3 is 0 Å². The molecule has 5 heteroatoms.